The lowest BCUT2D eigenvalue weighted by Gasteiger charge is -2.30. The van der Waals surface area contributed by atoms with E-state index in [2.05, 4.69) is 5.32 Å². The van der Waals surface area contributed by atoms with Gasteiger partial charge >= 0.3 is 0 Å². The number of hydrogen-bond donors (Lipinski definition) is 1. The Morgan fingerprint density at radius 2 is 1.67 bits per heavy atom. The smallest absolute Gasteiger partial charge is 0.242 e. The van der Waals surface area contributed by atoms with E-state index < -0.39 is 16.1 Å². The predicted octanol–water partition coefficient (Wildman–Crippen LogP) is 3.48. The number of halogens is 1. The Hall–Kier alpha value is -2.58. The van der Waals surface area contributed by atoms with Crippen molar-refractivity contribution in [3.8, 4) is 0 Å². The number of anilines is 1. The molecule has 1 atom stereocenters. The van der Waals surface area contributed by atoms with Gasteiger partial charge in [-0.1, -0.05) is 48.9 Å². The molecule has 2 aromatic rings. The van der Waals surface area contributed by atoms with E-state index in [0.29, 0.717) is 36.5 Å². The first-order chi connectivity index (χ1) is 15.7. The van der Waals surface area contributed by atoms with Gasteiger partial charge in [0, 0.05) is 31.6 Å². The number of benzene rings is 2. The van der Waals surface area contributed by atoms with E-state index >= 15 is 0 Å². The van der Waals surface area contributed by atoms with Gasteiger partial charge in [0.15, 0.2) is 0 Å². The molecule has 0 unspecified atom stereocenters. The summed E-state index contributed by atoms with van der Waals surface area (Å²) in [6.07, 6.45) is 2.69. The molecule has 2 amide bonds. The molecule has 0 radical (unpaired) electrons. The molecule has 33 heavy (non-hydrogen) atoms. The summed E-state index contributed by atoms with van der Waals surface area (Å²) in [6.45, 7) is 2.42. The molecule has 1 N–H and O–H groups in total. The van der Waals surface area contributed by atoms with Crippen LogP contribution < -0.4 is 9.62 Å². The van der Waals surface area contributed by atoms with E-state index in [0.717, 1.165) is 11.8 Å². The number of likely N-dealkylation sites (N-methyl/N-ethyl adjacent to an activating group) is 1. The van der Waals surface area contributed by atoms with Crippen molar-refractivity contribution < 1.29 is 18.0 Å². The van der Waals surface area contributed by atoms with Crippen LogP contribution in [0.15, 0.2) is 54.6 Å². The monoisotopic (exact) mass is 493 g/mol. The molecule has 0 saturated heterocycles. The maximum absolute atomic E-state index is 13.2. The fraction of sp³-hybridized carbons (Fsp3) is 0.417. The zero-order chi connectivity index (χ0) is 24.4. The van der Waals surface area contributed by atoms with Crippen LogP contribution in [0.25, 0.3) is 0 Å². The zero-order valence-electron chi connectivity index (χ0n) is 19.3. The molecular weight excluding hydrogens is 462 g/mol. The minimum absolute atomic E-state index is 0.127. The molecule has 0 bridgehead atoms. The standard InChI is InChI=1S/C24H32ClN3O4S/c1-4-22(24(30)26-2)27(18-16-19-9-6-5-7-10-19)23(29)11-8-17-28(33(3,31)32)21-14-12-20(25)13-15-21/h5-7,9-10,12-15,22H,4,8,11,16-18H2,1-3H3,(H,26,30)/t22-/m1/s1. The van der Waals surface area contributed by atoms with Gasteiger partial charge < -0.3 is 10.2 Å². The second-order valence-electron chi connectivity index (χ2n) is 7.78. The number of nitrogens with one attached hydrogen (secondary N) is 1. The Kier molecular flexibility index (Phi) is 10.2. The van der Waals surface area contributed by atoms with Crippen molar-refractivity contribution in [1.82, 2.24) is 10.2 Å². The molecule has 2 rings (SSSR count). The van der Waals surface area contributed by atoms with Crippen LogP contribution in [0.4, 0.5) is 5.69 Å². The fourth-order valence-corrected chi connectivity index (χ4v) is 4.77. The van der Waals surface area contributed by atoms with Gasteiger partial charge in [-0.3, -0.25) is 13.9 Å². The lowest BCUT2D eigenvalue weighted by Crippen LogP contribution is -2.49. The normalized spacial score (nSPS) is 12.1. The van der Waals surface area contributed by atoms with Crippen LogP contribution >= 0.6 is 11.6 Å². The maximum Gasteiger partial charge on any atom is 0.242 e. The predicted molar refractivity (Wildman–Crippen MR) is 133 cm³/mol. The highest BCUT2D eigenvalue weighted by Crippen LogP contribution is 2.21. The summed E-state index contributed by atoms with van der Waals surface area (Å²) in [5.74, 6) is -0.385. The van der Waals surface area contributed by atoms with E-state index in [4.69, 9.17) is 11.6 Å². The first kappa shape index (κ1) is 26.7. The molecule has 0 aliphatic heterocycles. The number of carbonyl (C=O) groups excluding carboxylic acids is 2. The van der Waals surface area contributed by atoms with Gasteiger partial charge in [-0.15, -0.1) is 0 Å². The van der Waals surface area contributed by atoms with Crippen LogP contribution in [0, 0.1) is 0 Å². The minimum atomic E-state index is -3.53. The van der Waals surface area contributed by atoms with Crippen molar-refractivity contribution in [2.45, 2.75) is 38.6 Å². The fourth-order valence-electron chi connectivity index (χ4n) is 3.67. The van der Waals surface area contributed by atoms with Crippen molar-refractivity contribution in [3.05, 3.63) is 65.2 Å². The number of carbonyl (C=O) groups is 2. The largest absolute Gasteiger partial charge is 0.357 e. The first-order valence-electron chi connectivity index (χ1n) is 11.0. The van der Waals surface area contributed by atoms with Gasteiger partial charge in [0.05, 0.1) is 11.9 Å². The topological polar surface area (TPSA) is 86.8 Å². The lowest BCUT2D eigenvalue weighted by molar-refractivity contribution is -0.140. The maximum atomic E-state index is 13.2. The van der Waals surface area contributed by atoms with E-state index in [1.54, 1.807) is 36.2 Å². The number of hydrogen-bond acceptors (Lipinski definition) is 4. The van der Waals surface area contributed by atoms with Gasteiger partial charge in [0.1, 0.15) is 6.04 Å². The van der Waals surface area contributed by atoms with Gasteiger partial charge in [-0.2, -0.15) is 0 Å². The second kappa shape index (κ2) is 12.6. The molecule has 7 nitrogen and oxygen atoms in total. The van der Waals surface area contributed by atoms with E-state index in [9.17, 15) is 18.0 Å². The summed E-state index contributed by atoms with van der Waals surface area (Å²) >= 11 is 5.92. The molecule has 180 valence electrons. The second-order valence-corrected chi connectivity index (χ2v) is 10.1. The number of nitrogens with zero attached hydrogens (tertiary/aromatic N) is 2. The van der Waals surface area contributed by atoms with Crippen LogP contribution in [0.5, 0.6) is 0 Å². The highest BCUT2D eigenvalue weighted by molar-refractivity contribution is 7.92. The van der Waals surface area contributed by atoms with Crippen molar-refractivity contribution in [3.63, 3.8) is 0 Å². The summed E-state index contributed by atoms with van der Waals surface area (Å²) in [4.78, 5) is 27.2. The van der Waals surface area contributed by atoms with Crippen molar-refractivity contribution >= 4 is 39.1 Å². The van der Waals surface area contributed by atoms with E-state index in [-0.39, 0.29) is 24.8 Å². The van der Waals surface area contributed by atoms with Crippen molar-refractivity contribution in [2.24, 2.45) is 0 Å². The summed E-state index contributed by atoms with van der Waals surface area (Å²) in [5.41, 5.74) is 1.57. The first-order valence-corrected chi connectivity index (χ1v) is 13.2. The SMILES string of the molecule is CC[C@H](C(=O)NC)N(CCc1ccccc1)C(=O)CCCN(c1ccc(Cl)cc1)S(C)(=O)=O. The zero-order valence-corrected chi connectivity index (χ0v) is 20.9. The molecular formula is C24H32ClN3O4S. The van der Waals surface area contributed by atoms with Crippen LogP contribution in [0.2, 0.25) is 5.02 Å². The van der Waals surface area contributed by atoms with Crippen LogP contribution in [-0.2, 0) is 26.0 Å². The van der Waals surface area contributed by atoms with Gasteiger partial charge in [-0.25, -0.2) is 8.42 Å². The summed E-state index contributed by atoms with van der Waals surface area (Å²) < 4.78 is 25.9. The molecule has 0 aliphatic carbocycles. The average Bonchev–Trinajstić information content (AvgIpc) is 2.79. The highest BCUT2D eigenvalue weighted by Gasteiger charge is 2.27. The van der Waals surface area contributed by atoms with Gasteiger partial charge in [-0.05, 0) is 49.1 Å². The minimum Gasteiger partial charge on any atom is -0.357 e. The Morgan fingerprint density at radius 3 is 2.21 bits per heavy atom. The quantitative estimate of drug-likeness (QED) is 0.490. The molecule has 0 heterocycles. The molecule has 9 heteroatoms. The van der Waals surface area contributed by atoms with Crippen LogP contribution in [0.1, 0.15) is 31.7 Å². The third-order valence-electron chi connectivity index (χ3n) is 5.38. The van der Waals surface area contributed by atoms with Crippen LogP contribution in [-0.4, -0.2) is 57.6 Å². The van der Waals surface area contributed by atoms with E-state index in [1.165, 1.54) is 4.31 Å². The Bertz CT molecular complexity index is 1010. The van der Waals surface area contributed by atoms with E-state index in [1.807, 2.05) is 37.3 Å². The highest BCUT2D eigenvalue weighted by atomic mass is 35.5. The molecule has 0 saturated carbocycles. The number of rotatable bonds is 12. The Labute approximate surface area is 201 Å². The summed E-state index contributed by atoms with van der Waals surface area (Å²) in [7, 11) is -1.98. The molecule has 0 fully saturated rings. The summed E-state index contributed by atoms with van der Waals surface area (Å²) in [6, 6.07) is 15.7. The molecule has 2 aromatic carbocycles. The molecule has 0 aromatic heterocycles. The average molecular weight is 494 g/mol. The third-order valence-corrected chi connectivity index (χ3v) is 6.83. The lowest BCUT2D eigenvalue weighted by atomic mass is 10.1. The summed E-state index contributed by atoms with van der Waals surface area (Å²) in [5, 5.41) is 3.15. The Morgan fingerprint density at radius 1 is 1.03 bits per heavy atom. The number of sulfonamides is 1. The molecule has 0 spiro atoms. The molecule has 0 aliphatic rings. The van der Waals surface area contributed by atoms with Crippen LogP contribution in [0.3, 0.4) is 0 Å². The Balaban J connectivity index is 2.11. The van der Waals surface area contributed by atoms with Crippen molar-refractivity contribution in [1.29, 1.82) is 0 Å². The number of amides is 2. The third kappa shape index (κ3) is 8.05. The van der Waals surface area contributed by atoms with Gasteiger partial charge in [0.25, 0.3) is 0 Å². The van der Waals surface area contributed by atoms with Gasteiger partial charge in [0.2, 0.25) is 21.8 Å². The van der Waals surface area contributed by atoms with Crippen molar-refractivity contribution in [2.75, 3.05) is 30.7 Å².